The summed E-state index contributed by atoms with van der Waals surface area (Å²) in [5.41, 5.74) is 1.60. The Bertz CT molecular complexity index is 850. The van der Waals surface area contributed by atoms with Crippen molar-refractivity contribution in [1.82, 2.24) is 0 Å². The van der Waals surface area contributed by atoms with Gasteiger partial charge in [-0.25, -0.2) is 10.9 Å². The number of carbonyl (C=O) groups is 1. The monoisotopic (exact) mass is 330 g/mol. The van der Waals surface area contributed by atoms with Crippen LogP contribution in [-0.4, -0.2) is 23.1 Å². The number of hydrogen-bond donors (Lipinski definition) is 1. The predicted molar refractivity (Wildman–Crippen MR) is 86.7 cm³/mol. The molecule has 0 saturated heterocycles. The minimum absolute atomic E-state index is 0.119. The molecule has 2 N–H and O–H groups in total. The number of nitrogens with zero attached hydrogens (tertiary/aromatic N) is 3. The van der Waals surface area contributed by atoms with Gasteiger partial charge in [-0.15, -0.1) is 0 Å². The first-order valence-electron chi connectivity index (χ1n) is 6.65. The molecule has 1 aliphatic heterocycles. The fourth-order valence-corrected chi connectivity index (χ4v) is 2.59. The highest BCUT2D eigenvalue weighted by Gasteiger charge is 2.26. The third-order valence-corrected chi connectivity index (χ3v) is 3.81. The number of halogens is 1. The summed E-state index contributed by atoms with van der Waals surface area (Å²) < 4.78 is 0. The van der Waals surface area contributed by atoms with Crippen LogP contribution in [0, 0.1) is 10.1 Å². The van der Waals surface area contributed by atoms with Crippen molar-refractivity contribution in [3.05, 3.63) is 68.7 Å². The van der Waals surface area contributed by atoms with Crippen molar-refractivity contribution in [3.63, 3.8) is 0 Å². The van der Waals surface area contributed by atoms with Crippen molar-refractivity contribution in [2.75, 3.05) is 11.6 Å². The van der Waals surface area contributed by atoms with Gasteiger partial charge in [-0.05, 0) is 12.1 Å². The van der Waals surface area contributed by atoms with E-state index in [0.717, 1.165) is 5.01 Å². The number of nitro benzene ring substituents is 1. The summed E-state index contributed by atoms with van der Waals surface area (Å²) in [7, 11) is 0. The van der Waals surface area contributed by atoms with Crippen LogP contribution in [-0.2, 0) is 4.79 Å². The number of anilines is 1. The number of rotatable bonds is 2. The molecule has 0 radical (unpaired) electrons. The lowest BCUT2D eigenvalue weighted by Gasteiger charge is -2.17. The minimum atomic E-state index is -0.516. The van der Waals surface area contributed by atoms with Gasteiger partial charge in [0.15, 0.2) is 0 Å². The normalized spacial score (nSPS) is 14.1. The second-order valence-electron chi connectivity index (χ2n) is 4.87. The molecular formula is C15H11ClN4O3. The van der Waals surface area contributed by atoms with Gasteiger partial charge in [0.2, 0.25) is 0 Å². The minimum Gasteiger partial charge on any atom is -0.274 e. The Morgan fingerprint density at radius 3 is 2.65 bits per heavy atom. The van der Waals surface area contributed by atoms with Gasteiger partial charge >= 0.3 is 0 Å². The summed E-state index contributed by atoms with van der Waals surface area (Å²) in [4.78, 5) is 26.8. The Balaban J connectivity index is 2.27. The second-order valence-corrected chi connectivity index (χ2v) is 5.27. The molecule has 1 heterocycles. The van der Waals surface area contributed by atoms with Crippen LogP contribution in [0.1, 0.15) is 11.1 Å². The van der Waals surface area contributed by atoms with Gasteiger partial charge in [0, 0.05) is 28.3 Å². The quantitative estimate of drug-likeness (QED) is 0.395. The number of aliphatic imine (C=N–C) groups is 1. The zero-order valence-electron chi connectivity index (χ0n) is 11.8. The lowest BCUT2D eigenvalue weighted by atomic mass is 10.00. The van der Waals surface area contributed by atoms with E-state index in [9.17, 15) is 14.9 Å². The third-order valence-electron chi connectivity index (χ3n) is 3.48. The van der Waals surface area contributed by atoms with Crippen LogP contribution in [0.5, 0.6) is 0 Å². The van der Waals surface area contributed by atoms with Crippen molar-refractivity contribution in [2.24, 2.45) is 10.8 Å². The lowest BCUT2D eigenvalue weighted by molar-refractivity contribution is -0.384. The van der Waals surface area contributed by atoms with Crippen molar-refractivity contribution in [1.29, 1.82) is 0 Å². The van der Waals surface area contributed by atoms with Crippen molar-refractivity contribution in [2.45, 2.75) is 0 Å². The van der Waals surface area contributed by atoms with Crippen LogP contribution in [0.2, 0.25) is 5.02 Å². The molecule has 0 aliphatic carbocycles. The third kappa shape index (κ3) is 2.67. The van der Waals surface area contributed by atoms with E-state index in [1.54, 1.807) is 24.3 Å². The number of amides is 1. The fourth-order valence-electron chi connectivity index (χ4n) is 2.36. The highest BCUT2D eigenvalue weighted by atomic mass is 35.5. The second kappa shape index (κ2) is 5.79. The van der Waals surface area contributed by atoms with Crippen LogP contribution in [0.4, 0.5) is 11.4 Å². The van der Waals surface area contributed by atoms with E-state index in [-0.39, 0.29) is 12.2 Å². The van der Waals surface area contributed by atoms with Crippen LogP contribution >= 0.6 is 11.6 Å². The molecule has 0 unspecified atom stereocenters. The van der Waals surface area contributed by atoms with E-state index in [1.807, 2.05) is 0 Å². The van der Waals surface area contributed by atoms with Crippen molar-refractivity contribution in [3.8, 4) is 0 Å². The largest absolute Gasteiger partial charge is 0.274 e. The summed E-state index contributed by atoms with van der Waals surface area (Å²) in [5.74, 6) is 5.39. The Morgan fingerprint density at radius 1 is 1.22 bits per heavy atom. The number of benzodiazepines with no additional fused rings is 1. The molecule has 0 atom stereocenters. The van der Waals surface area contributed by atoms with E-state index in [0.29, 0.717) is 27.5 Å². The Hall–Kier alpha value is -2.77. The number of nitrogens with two attached hydrogens (primary N) is 1. The number of carbonyl (C=O) groups excluding carboxylic acids is 1. The highest BCUT2D eigenvalue weighted by molar-refractivity contribution is 6.36. The van der Waals surface area contributed by atoms with E-state index in [4.69, 9.17) is 17.4 Å². The zero-order valence-corrected chi connectivity index (χ0v) is 12.5. The molecule has 0 aromatic heterocycles. The predicted octanol–water partition coefficient (Wildman–Crippen LogP) is 2.31. The van der Waals surface area contributed by atoms with E-state index in [1.165, 1.54) is 18.2 Å². The molecule has 1 amide bonds. The smallest absolute Gasteiger partial charge is 0.270 e. The van der Waals surface area contributed by atoms with Gasteiger partial charge in [0.1, 0.15) is 6.54 Å². The Kier molecular flexibility index (Phi) is 3.81. The van der Waals surface area contributed by atoms with Gasteiger partial charge in [-0.3, -0.25) is 19.9 Å². The van der Waals surface area contributed by atoms with Crippen LogP contribution in [0.15, 0.2) is 47.5 Å². The van der Waals surface area contributed by atoms with E-state index >= 15 is 0 Å². The first kappa shape index (κ1) is 15.1. The number of hydrogen-bond acceptors (Lipinski definition) is 5. The first-order valence-corrected chi connectivity index (χ1v) is 7.02. The summed E-state index contributed by atoms with van der Waals surface area (Å²) in [5, 5.41) is 12.4. The fraction of sp³-hybridized carbons (Fsp3) is 0.0667. The van der Waals surface area contributed by atoms with Gasteiger partial charge in [0.05, 0.1) is 16.3 Å². The summed E-state index contributed by atoms with van der Waals surface area (Å²) in [6.45, 7) is -0.167. The van der Waals surface area contributed by atoms with Gasteiger partial charge in [0.25, 0.3) is 11.6 Å². The number of non-ortho nitro benzene ring substituents is 1. The molecule has 0 spiro atoms. The summed E-state index contributed by atoms with van der Waals surface area (Å²) in [6, 6.07) is 11.0. The maximum atomic E-state index is 12.0. The molecular weight excluding hydrogens is 320 g/mol. The first-order chi connectivity index (χ1) is 11.0. The summed E-state index contributed by atoms with van der Waals surface area (Å²) >= 11 is 6.21. The molecule has 0 fully saturated rings. The van der Waals surface area contributed by atoms with E-state index in [2.05, 4.69) is 4.99 Å². The maximum Gasteiger partial charge on any atom is 0.270 e. The number of hydrazine groups is 1. The molecule has 0 saturated carbocycles. The SMILES string of the molecule is NN1C(=O)CN=C(c2ccccc2Cl)c2cc([N+](=O)[O-])ccc21. The molecule has 0 bridgehead atoms. The van der Waals surface area contributed by atoms with E-state index < -0.39 is 10.8 Å². The molecule has 23 heavy (non-hydrogen) atoms. The molecule has 7 nitrogen and oxygen atoms in total. The topological polar surface area (TPSA) is 102 Å². The van der Waals surface area contributed by atoms with Gasteiger partial charge in [-0.1, -0.05) is 29.8 Å². The average molecular weight is 331 g/mol. The van der Waals surface area contributed by atoms with Gasteiger partial charge in [-0.2, -0.15) is 0 Å². The average Bonchev–Trinajstić information content (AvgIpc) is 2.66. The molecule has 1 aliphatic rings. The molecule has 3 rings (SSSR count). The molecule has 2 aromatic carbocycles. The van der Waals surface area contributed by atoms with Crippen LogP contribution < -0.4 is 10.9 Å². The highest BCUT2D eigenvalue weighted by Crippen LogP contribution is 2.30. The maximum absolute atomic E-state index is 12.0. The molecule has 2 aromatic rings. The molecule has 8 heteroatoms. The molecule has 116 valence electrons. The number of nitro groups is 1. The standard InChI is InChI=1S/C15H11ClN4O3/c16-12-4-2-1-3-10(12)15-11-7-9(20(22)23)5-6-13(11)19(17)14(21)8-18-15/h1-7H,8,17H2. The Morgan fingerprint density at radius 2 is 1.96 bits per heavy atom. The lowest BCUT2D eigenvalue weighted by Crippen LogP contribution is -2.38. The van der Waals surface area contributed by atoms with Gasteiger partial charge < -0.3 is 0 Å². The van der Waals surface area contributed by atoms with Crippen molar-refractivity contribution >= 4 is 34.6 Å². The number of benzene rings is 2. The summed E-state index contributed by atoms with van der Waals surface area (Å²) in [6.07, 6.45) is 0. The van der Waals surface area contributed by atoms with Crippen molar-refractivity contribution < 1.29 is 9.72 Å². The zero-order chi connectivity index (χ0) is 16.6. The van der Waals surface area contributed by atoms with Crippen LogP contribution in [0.25, 0.3) is 0 Å². The van der Waals surface area contributed by atoms with Crippen LogP contribution in [0.3, 0.4) is 0 Å². The Labute approximate surface area is 136 Å². The number of fused-ring (bicyclic) bond motifs is 1.